The van der Waals surface area contributed by atoms with Crippen molar-refractivity contribution in [1.82, 2.24) is 14.6 Å². The van der Waals surface area contributed by atoms with Gasteiger partial charge in [0, 0.05) is 26.4 Å². The molecule has 0 bridgehead atoms. The van der Waals surface area contributed by atoms with Crippen molar-refractivity contribution in [2.45, 2.75) is 56.5 Å². The lowest BCUT2D eigenvalue weighted by Crippen LogP contribution is -2.75. The lowest BCUT2D eigenvalue weighted by atomic mass is 10.0. The topological polar surface area (TPSA) is 115 Å². The Kier molecular flexibility index (Phi) is 9.49. The number of H-pyrrole nitrogens is 1. The maximum absolute atomic E-state index is 13.4. The van der Waals surface area contributed by atoms with Crippen molar-refractivity contribution in [3.05, 3.63) is 93.8 Å². The minimum absolute atomic E-state index is 0.0579. The second-order valence-corrected chi connectivity index (χ2v) is 14.6. The minimum Gasteiger partial charge on any atom is -0.387 e. The van der Waals surface area contributed by atoms with Crippen LogP contribution in [0, 0.1) is 0 Å². The Morgan fingerprint density at radius 2 is 1.59 bits per heavy atom. The lowest BCUT2D eigenvalue weighted by molar-refractivity contribution is -0.196. The Balaban J connectivity index is 2.00. The number of aromatic nitrogens is 2. The summed E-state index contributed by atoms with van der Waals surface area (Å²) < 4.78 is 21.0. The number of benzene rings is 2. The molecule has 1 aliphatic rings. The molecule has 1 fully saturated rings. The van der Waals surface area contributed by atoms with E-state index in [1.165, 1.54) is 16.8 Å². The van der Waals surface area contributed by atoms with Crippen LogP contribution in [0.3, 0.4) is 0 Å². The Labute approximate surface area is 242 Å². The number of nitrogens with one attached hydrogen (secondary N) is 1. The van der Waals surface area contributed by atoms with Gasteiger partial charge in [0.05, 0.1) is 25.4 Å². The molecule has 4 atom stereocenters. The Morgan fingerprint density at radius 1 is 1.00 bits per heavy atom. The van der Waals surface area contributed by atoms with E-state index in [9.17, 15) is 14.7 Å². The van der Waals surface area contributed by atoms with Gasteiger partial charge >= 0.3 is 5.69 Å². The second-order valence-electron chi connectivity index (χ2n) is 11.5. The van der Waals surface area contributed by atoms with Crippen molar-refractivity contribution in [3.63, 3.8) is 0 Å². The number of hydrogen-bond acceptors (Lipinski definition) is 8. The Bertz CT molecular complexity index is 1350. The van der Waals surface area contributed by atoms with Gasteiger partial charge in [0.15, 0.2) is 5.72 Å². The maximum Gasteiger partial charge on any atom is 0.330 e. The van der Waals surface area contributed by atoms with Gasteiger partial charge in [-0.15, -0.1) is 0 Å². The zero-order valence-electron chi connectivity index (χ0n) is 24.6. The smallest absolute Gasteiger partial charge is 0.330 e. The summed E-state index contributed by atoms with van der Waals surface area (Å²) in [6.07, 6.45) is -0.670. The van der Waals surface area contributed by atoms with Gasteiger partial charge in [-0.05, 0) is 27.7 Å². The van der Waals surface area contributed by atoms with E-state index in [2.05, 4.69) is 4.98 Å². The zero-order valence-corrected chi connectivity index (χ0v) is 25.7. The summed E-state index contributed by atoms with van der Waals surface area (Å²) in [6, 6.07) is 21.0. The highest BCUT2D eigenvalue weighted by atomic mass is 28.3. The number of nitrogens with zero attached hydrogens (tertiary/aromatic N) is 2. The van der Waals surface area contributed by atoms with Crippen LogP contribution in [-0.4, -0.2) is 85.5 Å². The summed E-state index contributed by atoms with van der Waals surface area (Å²) in [5.74, 6) is 0. The molecule has 10 nitrogen and oxygen atoms in total. The van der Waals surface area contributed by atoms with Crippen LogP contribution in [0.15, 0.2) is 82.5 Å². The van der Waals surface area contributed by atoms with Gasteiger partial charge in [-0.1, -0.05) is 71.0 Å². The molecule has 0 saturated carbocycles. The SMILES string of the molecule is CN(C)OCCO[C@]1([SiH](c2ccccc2)c2ccccc2)[C@H](O)[C@@H](COC(C)(C)C)O[C@@]1(C)n1ccc(=O)[nH]c1=O. The fourth-order valence-electron chi connectivity index (χ4n) is 5.61. The summed E-state index contributed by atoms with van der Waals surface area (Å²) in [4.78, 5) is 33.5. The average Bonchev–Trinajstić information content (AvgIpc) is 3.13. The zero-order chi connectivity index (χ0) is 29.8. The molecule has 0 unspecified atom stereocenters. The van der Waals surface area contributed by atoms with Crippen molar-refractivity contribution in [2.75, 3.05) is 33.9 Å². The first-order valence-corrected chi connectivity index (χ1v) is 15.5. The van der Waals surface area contributed by atoms with E-state index < -0.39 is 48.8 Å². The van der Waals surface area contributed by atoms with Crippen LogP contribution < -0.4 is 21.6 Å². The van der Waals surface area contributed by atoms with Crippen LogP contribution in [0.1, 0.15) is 27.7 Å². The third-order valence-electron chi connectivity index (χ3n) is 7.33. The van der Waals surface area contributed by atoms with Crippen LogP contribution in [-0.2, 0) is 24.8 Å². The Hall–Kier alpha value is -2.90. The number of aliphatic hydroxyl groups excluding tert-OH is 1. The number of hydroxylamine groups is 2. The minimum atomic E-state index is -2.67. The third-order valence-corrected chi connectivity index (χ3v) is 11.3. The summed E-state index contributed by atoms with van der Waals surface area (Å²) in [7, 11) is 0.882. The molecule has 0 radical (unpaired) electrons. The number of aliphatic hydroxyl groups is 1. The first-order chi connectivity index (χ1) is 19.4. The van der Waals surface area contributed by atoms with Gasteiger partial charge in [0.2, 0.25) is 0 Å². The van der Waals surface area contributed by atoms with E-state index >= 15 is 0 Å². The molecule has 11 heteroatoms. The number of hydrogen-bond donors (Lipinski definition) is 2. The predicted molar refractivity (Wildman–Crippen MR) is 159 cm³/mol. The van der Waals surface area contributed by atoms with Crippen molar-refractivity contribution in [3.8, 4) is 0 Å². The van der Waals surface area contributed by atoms with E-state index in [4.69, 9.17) is 19.0 Å². The predicted octanol–water partition coefficient (Wildman–Crippen LogP) is 0.613. The molecule has 1 saturated heterocycles. The number of ether oxygens (including phenoxy) is 3. The van der Waals surface area contributed by atoms with Gasteiger partial charge in [-0.2, -0.15) is 5.06 Å². The van der Waals surface area contributed by atoms with Crippen LogP contribution in [0.5, 0.6) is 0 Å². The van der Waals surface area contributed by atoms with Gasteiger partial charge in [0.1, 0.15) is 26.2 Å². The average molecular weight is 584 g/mol. The van der Waals surface area contributed by atoms with Crippen LogP contribution in [0.25, 0.3) is 0 Å². The molecule has 1 aliphatic heterocycles. The van der Waals surface area contributed by atoms with Crippen molar-refractivity contribution >= 4 is 19.2 Å². The van der Waals surface area contributed by atoms with Crippen molar-refractivity contribution in [2.24, 2.45) is 0 Å². The number of rotatable bonds is 11. The molecule has 2 N–H and O–H groups in total. The normalized spacial score (nSPS) is 24.8. The van der Waals surface area contributed by atoms with E-state index in [0.717, 1.165) is 10.4 Å². The van der Waals surface area contributed by atoms with E-state index in [1.54, 1.807) is 26.1 Å². The van der Waals surface area contributed by atoms with Crippen LogP contribution in [0.2, 0.25) is 0 Å². The van der Waals surface area contributed by atoms with Gasteiger partial charge < -0.3 is 19.3 Å². The first kappa shape index (κ1) is 31.0. The lowest BCUT2D eigenvalue weighted by Gasteiger charge is -2.48. The molecule has 0 amide bonds. The second kappa shape index (κ2) is 12.5. The van der Waals surface area contributed by atoms with Gasteiger partial charge in [-0.25, -0.2) is 4.79 Å². The van der Waals surface area contributed by atoms with Crippen molar-refractivity contribution in [1.29, 1.82) is 0 Å². The fraction of sp³-hybridized carbons (Fsp3) is 0.467. The standard InChI is InChI=1S/C30H41N3O7Si/c1-28(2,3)38-21-24-26(35)30(37-19-20-39-32(5)6,29(4,40-24)33-18-17-25(34)31-27(33)36)41(22-13-9-7-10-14-22)23-15-11-8-12-16-23/h7-18,24,26,35,41H,19-21H2,1-6H3,(H,31,34,36)/t24-,26-,29-,30+/m1/s1. The highest BCUT2D eigenvalue weighted by Crippen LogP contribution is 2.47. The molecule has 222 valence electrons. The quantitative estimate of drug-likeness (QED) is 0.192. The van der Waals surface area contributed by atoms with E-state index in [0.29, 0.717) is 0 Å². The molecule has 4 rings (SSSR count). The molecule has 2 aromatic carbocycles. The fourth-order valence-corrected chi connectivity index (χ4v) is 9.78. The monoisotopic (exact) mass is 583 g/mol. The molecule has 1 aromatic heterocycles. The molecule has 41 heavy (non-hydrogen) atoms. The van der Waals surface area contributed by atoms with Gasteiger partial charge in [0.25, 0.3) is 5.56 Å². The summed E-state index contributed by atoms with van der Waals surface area (Å²) in [5.41, 5.74) is -3.27. The first-order valence-electron chi connectivity index (χ1n) is 13.8. The largest absolute Gasteiger partial charge is 0.387 e. The molecule has 0 aliphatic carbocycles. The molecule has 2 heterocycles. The van der Waals surface area contributed by atoms with E-state index in [1.807, 2.05) is 81.4 Å². The summed E-state index contributed by atoms with van der Waals surface area (Å²) in [6.45, 7) is 7.87. The maximum atomic E-state index is 13.4. The van der Waals surface area contributed by atoms with E-state index in [-0.39, 0.29) is 19.8 Å². The highest BCUT2D eigenvalue weighted by Gasteiger charge is 2.70. The Morgan fingerprint density at radius 3 is 2.10 bits per heavy atom. The van der Waals surface area contributed by atoms with Crippen LogP contribution in [0.4, 0.5) is 0 Å². The molecule has 3 aromatic rings. The molecule has 0 spiro atoms. The van der Waals surface area contributed by atoms with Crippen molar-refractivity contribution < 1.29 is 24.2 Å². The van der Waals surface area contributed by atoms with Gasteiger partial charge in [-0.3, -0.25) is 19.2 Å². The summed E-state index contributed by atoms with van der Waals surface area (Å²) in [5, 5.41) is 14.5. The summed E-state index contributed by atoms with van der Waals surface area (Å²) >= 11 is 0. The number of aromatic amines is 1. The molecular weight excluding hydrogens is 542 g/mol. The third kappa shape index (κ3) is 6.46. The van der Waals surface area contributed by atoms with Crippen LogP contribution >= 0.6 is 0 Å². The highest BCUT2D eigenvalue weighted by molar-refractivity contribution is 6.87. The molecular formula is C30H41N3O7Si.